The zero-order valence-electron chi connectivity index (χ0n) is 19.7. The molecule has 0 bridgehead atoms. The molecule has 0 saturated heterocycles. The summed E-state index contributed by atoms with van der Waals surface area (Å²) >= 11 is 0. The van der Waals surface area contributed by atoms with Crippen LogP contribution >= 0.6 is 0 Å². The molecule has 0 atom stereocenters. The summed E-state index contributed by atoms with van der Waals surface area (Å²) in [5.74, 6) is -0.289. The van der Waals surface area contributed by atoms with Crippen LogP contribution in [0.25, 0.3) is 0 Å². The van der Waals surface area contributed by atoms with Crippen LogP contribution in [0.15, 0.2) is 11.6 Å². The van der Waals surface area contributed by atoms with Gasteiger partial charge in [0.1, 0.15) is 0 Å². The van der Waals surface area contributed by atoms with Crippen LogP contribution in [0.2, 0.25) is 0 Å². The molecule has 0 aliphatic rings. The molecule has 29 heavy (non-hydrogen) atoms. The predicted molar refractivity (Wildman–Crippen MR) is 124 cm³/mol. The second-order valence-corrected chi connectivity index (χ2v) is 8.48. The molecule has 3 heteroatoms. The minimum Gasteiger partial charge on any atom is -0.462 e. The molecule has 0 aromatic carbocycles. The van der Waals surface area contributed by atoms with Gasteiger partial charge in [-0.1, -0.05) is 110 Å². The van der Waals surface area contributed by atoms with E-state index in [-0.39, 0.29) is 11.8 Å². The molecule has 0 spiro atoms. The van der Waals surface area contributed by atoms with Gasteiger partial charge in [0.05, 0.1) is 6.61 Å². The van der Waals surface area contributed by atoms with E-state index in [1.54, 1.807) is 6.92 Å². The minimum absolute atomic E-state index is 0.0495. The lowest BCUT2D eigenvalue weighted by molar-refractivity contribution is -0.139. The highest BCUT2D eigenvalue weighted by atomic mass is 16.5. The number of unbranched alkanes of at least 4 members (excludes halogenated alkanes) is 15. The number of rotatable bonds is 21. The van der Waals surface area contributed by atoms with Crippen LogP contribution in [0, 0.1) is 0 Å². The number of ketones is 1. The van der Waals surface area contributed by atoms with E-state index in [0.717, 1.165) is 25.7 Å². The van der Waals surface area contributed by atoms with Gasteiger partial charge in [0.2, 0.25) is 0 Å². The molecule has 0 fully saturated rings. The smallest absolute Gasteiger partial charge is 0.333 e. The van der Waals surface area contributed by atoms with Crippen LogP contribution in [-0.4, -0.2) is 18.4 Å². The predicted octanol–water partition coefficient (Wildman–Crippen LogP) is 8.11. The van der Waals surface area contributed by atoms with Crippen LogP contribution in [0.5, 0.6) is 0 Å². The third kappa shape index (κ3) is 19.9. The standard InChI is InChI=1S/C26H48O3/c1-4-6-8-10-12-14-16-18-20-22-29-26(28)24(3)23-25(27)21-19-17-15-13-11-9-7-5-2/h23H,4-22H2,1-3H3/b24-23+. The van der Waals surface area contributed by atoms with Gasteiger partial charge in [0, 0.05) is 12.0 Å². The zero-order chi connectivity index (χ0) is 21.6. The van der Waals surface area contributed by atoms with E-state index in [2.05, 4.69) is 13.8 Å². The average Bonchev–Trinajstić information content (AvgIpc) is 2.71. The summed E-state index contributed by atoms with van der Waals surface area (Å²) in [5, 5.41) is 0. The molecule has 0 rings (SSSR count). The van der Waals surface area contributed by atoms with Crippen LogP contribution in [0.1, 0.15) is 136 Å². The number of esters is 1. The fourth-order valence-electron chi connectivity index (χ4n) is 3.50. The lowest BCUT2D eigenvalue weighted by atomic mass is 10.1. The van der Waals surface area contributed by atoms with E-state index in [1.807, 2.05) is 0 Å². The molecule has 0 amide bonds. The van der Waals surface area contributed by atoms with E-state index in [1.165, 1.54) is 89.5 Å². The molecule has 3 nitrogen and oxygen atoms in total. The van der Waals surface area contributed by atoms with Gasteiger partial charge < -0.3 is 4.74 Å². The van der Waals surface area contributed by atoms with E-state index in [9.17, 15) is 9.59 Å². The first-order chi connectivity index (χ1) is 14.1. The van der Waals surface area contributed by atoms with Crippen LogP contribution < -0.4 is 0 Å². The Morgan fingerprint density at radius 1 is 0.621 bits per heavy atom. The van der Waals surface area contributed by atoms with Gasteiger partial charge in [-0.05, 0) is 25.8 Å². The van der Waals surface area contributed by atoms with Gasteiger partial charge in [-0.2, -0.15) is 0 Å². The Morgan fingerprint density at radius 2 is 1.03 bits per heavy atom. The number of hydrogen-bond donors (Lipinski definition) is 0. The fraction of sp³-hybridized carbons (Fsp3) is 0.846. The van der Waals surface area contributed by atoms with Gasteiger partial charge >= 0.3 is 5.97 Å². The first kappa shape index (κ1) is 27.9. The van der Waals surface area contributed by atoms with Crippen LogP contribution in [0.3, 0.4) is 0 Å². The quantitative estimate of drug-likeness (QED) is 0.109. The Morgan fingerprint density at radius 3 is 1.52 bits per heavy atom. The number of carbonyl (C=O) groups is 2. The van der Waals surface area contributed by atoms with Crippen molar-refractivity contribution in [1.82, 2.24) is 0 Å². The maximum absolute atomic E-state index is 12.0. The van der Waals surface area contributed by atoms with Gasteiger partial charge in [-0.15, -0.1) is 0 Å². The highest BCUT2D eigenvalue weighted by Crippen LogP contribution is 2.11. The number of carbonyl (C=O) groups excluding carboxylic acids is 2. The van der Waals surface area contributed by atoms with Crippen molar-refractivity contribution < 1.29 is 14.3 Å². The molecular weight excluding hydrogens is 360 g/mol. The lowest BCUT2D eigenvalue weighted by Crippen LogP contribution is -2.09. The van der Waals surface area contributed by atoms with Crippen molar-refractivity contribution in [2.45, 2.75) is 136 Å². The molecule has 0 N–H and O–H groups in total. The second-order valence-electron chi connectivity index (χ2n) is 8.48. The van der Waals surface area contributed by atoms with E-state index >= 15 is 0 Å². The normalized spacial score (nSPS) is 11.6. The highest BCUT2D eigenvalue weighted by molar-refractivity contribution is 5.98. The molecule has 0 aromatic heterocycles. The third-order valence-electron chi connectivity index (χ3n) is 5.46. The molecule has 0 unspecified atom stereocenters. The van der Waals surface area contributed by atoms with Crippen molar-refractivity contribution in [3.63, 3.8) is 0 Å². The van der Waals surface area contributed by atoms with Crippen LogP contribution in [0.4, 0.5) is 0 Å². The third-order valence-corrected chi connectivity index (χ3v) is 5.46. The Hall–Kier alpha value is -1.12. The highest BCUT2D eigenvalue weighted by Gasteiger charge is 2.08. The van der Waals surface area contributed by atoms with Crippen molar-refractivity contribution in [1.29, 1.82) is 0 Å². The first-order valence-electron chi connectivity index (χ1n) is 12.5. The van der Waals surface area contributed by atoms with Crippen LogP contribution in [-0.2, 0) is 14.3 Å². The fourth-order valence-corrected chi connectivity index (χ4v) is 3.50. The van der Waals surface area contributed by atoms with Crippen molar-refractivity contribution in [2.24, 2.45) is 0 Å². The Labute approximate surface area is 181 Å². The summed E-state index contributed by atoms with van der Waals surface area (Å²) in [6.45, 7) is 6.62. The zero-order valence-corrected chi connectivity index (χ0v) is 19.7. The lowest BCUT2D eigenvalue weighted by Gasteiger charge is -2.05. The van der Waals surface area contributed by atoms with E-state index < -0.39 is 0 Å². The molecule has 0 aliphatic heterocycles. The van der Waals surface area contributed by atoms with Gasteiger partial charge in [0.25, 0.3) is 0 Å². The van der Waals surface area contributed by atoms with E-state index in [0.29, 0.717) is 18.6 Å². The molecule has 0 saturated carbocycles. The van der Waals surface area contributed by atoms with Gasteiger partial charge in [-0.25, -0.2) is 4.79 Å². The number of ether oxygens (including phenoxy) is 1. The Bertz CT molecular complexity index is 426. The van der Waals surface area contributed by atoms with Crippen molar-refractivity contribution in [3.8, 4) is 0 Å². The Kier molecular flexibility index (Phi) is 20.8. The molecule has 0 aliphatic carbocycles. The summed E-state index contributed by atoms with van der Waals surface area (Å²) < 4.78 is 5.29. The average molecular weight is 409 g/mol. The van der Waals surface area contributed by atoms with Gasteiger partial charge in [-0.3, -0.25) is 4.79 Å². The van der Waals surface area contributed by atoms with E-state index in [4.69, 9.17) is 4.74 Å². The molecular formula is C26H48O3. The molecule has 0 aromatic rings. The molecule has 0 radical (unpaired) electrons. The number of hydrogen-bond acceptors (Lipinski definition) is 3. The molecule has 0 heterocycles. The SMILES string of the molecule is CCCCCCCCCCCOC(=O)/C(C)=C/C(=O)CCCCCCCCCC. The topological polar surface area (TPSA) is 43.4 Å². The Balaban J connectivity index is 3.62. The maximum Gasteiger partial charge on any atom is 0.333 e. The first-order valence-corrected chi connectivity index (χ1v) is 12.5. The molecule has 170 valence electrons. The summed E-state index contributed by atoms with van der Waals surface area (Å²) in [6.07, 6.45) is 23.0. The minimum atomic E-state index is -0.339. The number of allylic oxidation sites excluding steroid dienone is 1. The summed E-state index contributed by atoms with van der Waals surface area (Å²) in [6, 6.07) is 0. The summed E-state index contributed by atoms with van der Waals surface area (Å²) in [7, 11) is 0. The van der Waals surface area contributed by atoms with Crippen molar-refractivity contribution >= 4 is 11.8 Å². The van der Waals surface area contributed by atoms with Crippen molar-refractivity contribution in [3.05, 3.63) is 11.6 Å². The second kappa shape index (κ2) is 21.6. The van der Waals surface area contributed by atoms with Gasteiger partial charge in [0.15, 0.2) is 5.78 Å². The summed E-state index contributed by atoms with van der Waals surface area (Å²) in [5.41, 5.74) is 0.436. The summed E-state index contributed by atoms with van der Waals surface area (Å²) in [4.78, 5) is 24.0. The monoisotopic (exact) mass is 408 g/mol. The maximum atomic E-state index is 12.0. The van der Waals surface area contributed by atoms with Crippen molar-refractivity contribution in [2.75, 3.05) is 6.61 Å². The largest absolute Gasteiger partial charge is 0.462 e.